The normalized spacial score (nSPS) is 21.4. The highest BCUT2D eigenvalue weighted by atomic mass is 16.5. The van der Waals surface area contributed by atoms with Crippen molar-refractivity contribution in [2.75, 3.05) is 33.5 Å². The van der Waals surface area contributed by atoms with Gasteiger partial charge in [0.15, 0.2) is 0 Å². The molecule has 0 bridgehead atoms. The molecule has 1 aliphatic rings. The Hall–Kier alpha value is -0.690. The molecule has 1 unspecified atom stereocenters. The smallest absolute Gasteiger partial charge is 0.240 e. The van der Waals surface area contributed by atoms with Crippen molar-refractivity contribution in [1.82, 2.24) is 5.32 Å². The second kappa shape index (κ2) is 6.15. The van der Waals surface area contributed by atoms with Crippen LogP contribution in [0.1, 0.15) is 12.8 Å². The molecule has 0 radical (unpaired) electrons. The van der Waals surface area contributed by atoms with E-state index in [2.05, 4.69) is 5.32 Å². The van der Waals surface area contributed by atoms with Gasteiger partial charge in [-0.15, -0.1) is 0 Å². The summed E-state index contributed by atoms with van der Waals surface area (Å²) in [6.07, 6.45) is 0.329. The van der Waals surface area contributed by atoms with Crippen molar-refractivity contribution in [2.45, 2.75) is 24.5 Å². The first-order valence-corrected chi connectivity index (χ1v) is 5.40. The Bertz CT molecular complexity index is 229. The molecule has 0 aromatic heterocycles. The molecule has 1 saturated heterocycles. The molecule has 1 heterocycles. The fourth-order valence-corrected chi connectivity index (χ4v) is 1.60. The van der Waals surface area contributed by atoms with Crippen LogP contribution in [0.15, 0.2) is 0 Å². The van der Waals surface area contributed by atoms with Gasteiger partial charge < -0.3 is 25.6 Å². The van der Waals surface area contributed by atoms with E-state index in [1.54, 1.807) is 0 Å². The Morgan fingerprint density at radius 2 is 2.25 bits per heavy atom. The number of hydrogen-bond donors (Lipinski definition) is 3. The number of methoxy groups -OCH3 is 1. The quantitative estimate of drug-likeness (QED) is 0.543. The van der Waals surface area contributed by atoms with Crippen molar-refractivity contribution < 1.29 is 19.4 Å². The zero-order valence-corrected chi connectivity index (χ0v) is 9.57. The van der Waals surface area contributed by atoms with Crippen molar-refractivity contribution in [1.29, 1.82) is 0 Å². The van der Waals surface area contributed by atoms with Crippen LogP contribution < -0.4 is 11.1 Å². The Labute approximate surface area is 95.1 Å². The number of carbonyl (C=O) groups is 1. The molecule has 1 fully saturated rings. The minimum Gasteiger partial charge on any atom is -0.389 e. The summed E-state index contributed by atoms with van der Waals surface area (Å²) < 4.78 is 9.90. The van der Waals surface area contributed by atoms with Crippen LogP contribution in [0.3, 0.4) is 0 Å². The monoisotopic (exact) mass is 232 g/mol. The second-order valence-electron chi connectivity index (χ2n) is 4.09. The Kier molecular flexibility index (Phi) is 5.14. The fraction of sp³-hybridized carbons (Fsp3) is 0.900. The SMILES string of the molecule is COCC(O)CNC(=O)C1(N)CCOCC1. The summed E-state index contributed by atoms with van der Waals surface area (Å²) in [5.41, 5.74) is 5.10. The van der Waals surface area contributed by atoms with Crippen LogP contribution in [0.2, 0.25) is 0 Å². The lowest BCUT2D eigenvalue weighted by Crippen LogP contribution is -2.57. The molecule has 0 saturated carbocycles. The highest BCUT2D eigenvalue weighted by Gasteiger charge is 2.35. The maximum atomic E-state index is 11.8. The van der Waals surface area contributed by atoms with E-state index >= 15 is 0 Å². The first-order valence-electron chi connectivity index (χ1n) is 5.40. The zero-order valence-electron chi connectivity index (χ0n) is 9.57. The van der Waals surface area contributed by atoms with Crippen molar-refractivity contribution in [3.05, 3.63) is 0 Å². The lowest BCUT2D eigenvalue weighted by atomic mass is 9.90. The average molecular weight is 232 g/mol. The van der Waals surface area contributed by atoms with E-state index in [0.717, 1.165) is 0 Å². The molecule has 1 atom stereocenters. The largest absolute Gasteiger partial charge is 0.389 e. The number of nitrogens with two attached hydrogens (primary N) is 1. The molecule has 4 N–H and O–H groups in total. The van der Waals surface area contributed by atoms with Crippen molar-refractivity contribution in [3.8, 4) is 0 Å². The lowest BCUT2D eigenvalue weighted by molar-refractivity contribution is -0.130. The Morgan fingerprint density at radius 1 is 1.62 bits per heavy atom. The molecule has 1 rings (SSSR count). The van der Waals surface area contributed by atoms with Gasteiger partial charge in [-0.05, 0) is 12.8 Å². The number of amides is 1. The molecule has 0 aromatic rings. The van der Waals surface area contributed by atoms with E-state index in [1.165, 1.54) is 7.11 Å². The third kappa shape index (κ3) is 3.71. The van der Waals surface area contributed by atoms with Gasteiger partial charge in [0.25, 0.3) is 0 Å². The van der Waals surface area contributed by atoms with Crippen LogP contribution in [0.4, 0.5) is 0 Å². The molecule has 0 aliphatic carbocycles. The van der Waals surface area contributed by atoms with Crippen LogP contribution in [0.25, 0.3) is 0 Å². The van der Waals surface area contributed by atoms with Crippen molar-refractivity contribution in [3.63, 3.8) is 0 Å². The van der Waals surface area contributed by atoms with E-state index in [0.29, 0.717) is 26.1 Å². The van der Waals surface area contributed by atoms with E-state index in [-0.39, 0.29) is 19.1 Å². The van der Waals surface area contributed by atoms with Crippen LogP contribution in [-0.4, -0.2) is 56.1 Å². The van der Waals surface area contributed by atoms with Crippen LogP contribution in [0, 0.1) is 0 Å². The standard InChI is InChI=1S/C10H20N2O4/c1-15-7-8(13)6-12-9(14)10(11)2-4-16-5-3-10/h8,13H,2-7,11H2,1H3,(H,12,14). The summed E-state index contributed by atoms with van der Waals surface area (Å²) in [7, 11) is 1.49. The van der Waals surface area contributed by atoms with Gasteiger partial charge in [-0.2, -0.15) is 0 Å². The zero-order chi connectivity index (χ0) is 12.0. The van der Waals surface area contributed by atoms with Crippen LogP contribution in [-0.2, 0) is 14.3 Å². The van der Waals surface area contributed by atoms with Gasteiger partial charge in [0, 0.05) is 26.9 Å². The highest BCUT2D eigenvalue weighted by Crippen LogP contribution is 2.17. The van der Waals surface area contributed by atoms with Gasteiger partial charge in [0.05, 0.1) is 18.2 Å². The highest BCUT2D eigenvalue weighted by molar-refractivity contribution is 5.86. The average Bonchev–Trinajstić information content (AvgIpc) is 2.27. The molecule has 6 nitrogen and oxygen atoms in total. The van der Waals surface area contributed by atoms with Gasteiger partial charge >= 0.3 is 0 Å². The summed E-state index contributed by atoms with van der Waals surface area (Å²) in [5.74, 6) is -0.231. The van der Waals surface area contributed by atoms with Gasteiger partial charge in [-0.3, -0.25) is 4.79 Å². The maximum absolute atomic E-state index is 11.8. The summed E-state index contributed by atoms with van der Waals surface area (Å²) in [6, 6.07) is 0. The molecule has 16 heavy (non-hydrogen) atoms. The van der Waals surface area contributed by atoms with E-state index < -0.39 is 11.6 Å². The van der Waals surface area contributed by atoms with Gasteiger partial charge in [-0.1, -0.05) is 0 Å². The van der Waals surface area contributed by atoms with Crippen molar-refractivity contribution in [2.24, 2.45) is 5.73 Å². The first kappa shape index (κ1) is 13.4. The minimum absolute atomic E-state index is 0.159. The predicted octanol–water partition coefficient (Wildman–Crippen LogP) is -1.38. The minimum atomic E-state index is -0.856. The van der Waals surface area contributed by atoms with Gasteiger partial charge in [0.2, 0.25) is 5.91 Å². The lowest BCUT2D eigenvalue weighted by Gasteiger charge is -2.32. The number of nitrogens with one attached hydrogen (secondary N) is 1. The number of aliphatic hydroxyl groups excluding tert-OH is 1. The third-order valence-electron chi connectivity index (χ3n) is 2.69. The second-order valence-corrected chi connectivity index (χ2v) is 4.09. The molecule has 94 valence electrons. The summed E-state index contributed by atoms with van der Waals surface area (Å²) in [5, 5.41) is 12.0. The Balaban J connectivity index is 2.33. The number of aliphatic hydroxyl groups is 1. The van der Waals surface area contributed by atoms with E-state index in [9.17, 15) is 9.90 Å². The van der Waals surface area contributed by atoms with Crippen molar-refractivity contribution >= 4 is 5.91 Å². The molecule has 1 amide bonds. The number of ether oxygens (including phenoxy) is 2. The molecule has 0 aromatic carbocycles. The predicted molar refractivity (Wildman–Crippen MR) is 57.9 cm³/mol. The summed E-state index contributed by atoms with van der Waals surface area (Å²) in [4.78, 5) is 11.8. The fourth-order valence-electron chi connectivity index (χ4n) is 1.60. The molecule has 6 heteroatoms. The van der Waals surface area contributed by atoms with Crippen LogP contribution in [0.5, 0.6) is 0 Å². The molecular formula is C10H20N2O4. The molecule has 1 aliphatic heterocycles. The van der Waals surface area contributed by atoms with Gasteiger partial charge in [-0.25, -0.2) is 0 Å². The number of hydrogen-bond acceptors (Lipinski definition) is 5. The van der Waals surface area contributed by atoms with Gasteiger partial charge in [0.1, 0.15) is 0 Å². The summed E-state index contributed by atoms with van der Waals surface area (Å²) >= 11 is 0. The topological polar surface area (TPSA) is 93.8 Å². The first-order chi connectivity index (χ1) is 7.58. The molecular weight excluding hydrogens is 212 g/mol. The number of carbonyl (C=O) groups excluding carboxylic acids is 1. The summed E-state index contributed by atoms with van der Waals surface area (Å²) in [6.45, 7) is 1.36. The van der Waals surface area contributed by atoms with E-state index in [1.807, 2.05) is 0 Å². The maximum Gasteiger partial charge on any atom is 0.240 e. The van der Waals surface area contributed by atoms with Crippen LogP contribution >= 0.6 is 0 Å². The Morgan fingerprint density at radius 3 is 2.81 bits per heavy atom. The van der Waals surface area contributed by atoms with E-state index in [4.69, 9.17) is 15.2 Å². The third-order valence-corrected chi connectivity index (χ3v) is 2.69. The molecule has 0 spiro atoms. The number of rotatable bonds is 5.